The van der Waals surface area contributed by atoms with Gasteiger partial charge in [-0.15, -0.1) is 11.8 Å². The molecule has 0 amide bonds. The highest BCUT2D eigenvalue weighted by molar-refractivity contribution is 8.00. The summed E-state index contributed by atoms with van der Waals surface area (Å²) in [5.41, 5.74) is 1.25. The molecular formula is C14H18O2S. The van der Waals surface area contributed by atoms with Gasteiger partial charge in [-0.1, -0.05) is 17.7 Å². The van der Waals surface area contributed by atoms with Crippen LogP contribution in [0.25, 0.3) is 0 Å². The van der Waals surface area contributed by atoms with E-state index in [4.69, 9.17) is 4.74 Å². The lowest BCUT2D eigenvalue weighted by molar-refractivity contribution is -0.123. The van der Waals surface area contributed by atoms with E-state index in [1.807, 2.05) is 0 Å². The molecule has 1 aliphatic rings. The van der Waals surface area contributed by atoms with Crippen molar-refractivity contribution in [2.45, 2.75) is 24.7 Å². The minimum absolute atomic E-state index is 0.224. The summed E-state index contributed by atoms with van der Waals surface area (Å²) in [4.78, 5) is 13.1. The first-order chi connectivity index (χ1) is 8.25. The molecule has 3 heteroatoms. The Bertz CT molecular complexity index is 366. The van der Waals surface area contributed by atoms with Crippen LogP contribution >= 0.6 is 11.8 Å². The minimum Gasteiger partial charge on any atom is -0.381 e. The molecule has 0 N–H and O–H groups in total. The van der Waals surface area contributed by atoms with Gasteiger partial charge >= 0.3 is 0 Å². The number of hydrogen-bond donors (Lipinski definition) is 0. The highest BCUT2D eigenvalue weighted by Gasteiger charge is 2.21. The fourth-order valence-corrected chi connectivity index (χ4v) is 2.80. The number of Topliss-reactive ketones (excluding diaryl/α,β-unsaturated/α-hetero) is 1. The van der Waals surface area contributed by atoms with E-state index in [2.05, 4.69) is 31.2 Å². The lowest BCUT2D eigenvalue weighted by Crippen LogP contribution is -2.24. The summed E-state index contributed by atoms with van der Waals surface area (Å²) in [6.07, 6.45) is 1.79. The van der Waals surface area contributed by atoms with Gasteiger partial charge in [0.1, 0.15) is 5.78 Å². The van der Waals surface area contributed by atoms with Crippen LogP contribution in [-0.2, 0) is 9.53 Å². The van der Waals surface area contributed by atoms with E-state index in [9.17, 15) is 4.79 Å². The highest BCUT2D eigenvalue weighted by Crippen LogP contribution is 2.22. The first-order valence-corrected chi connectivity index (χ1v) is 7.04. The number of carbonyl (C=O) groups excluding carboxylic acids is 1. The minimum atomic E-state index is 0.224. The molecule has 17 heavy (non-hydrogen) atoms. The highest BCUT2D eigenvalue weighted by atomic mass is 32.2. The van der Waals surface area contributed by atoms with Crippen LogP contribution in [-0.4, -0.2) is 24.7 Å². The zero-order valence-electron chi connectivity index (χ0n) is 10.1. The van der Waals surface area contributed by atoms with Crippen molar-refractivity contribution in [3.63, 3.8) is 0 Å². The summed E-state index contributed by atoms with van der Waals surface area (Å²) in [6.45, 7) is 3.55. The quantitative estimate of drug-likeness (QED) is 0.768. The first kappa shape index (κ1) is 12.7. The topological polar surface area (TPSA) is 26.3 Å². The van der Waals surface area contributed by atoms with Crippen LogP contribution in [0.15, 0.2) is 29.2 Å². The number of ether oxygens (including phenoxy) is 1. The number of carbonyl (C=O) groups is 1. The van der Waals surface area contributed by atoms with Crippen LogP contribution in [0.3, 0.4) is 0 Å². The number of thioether (sulfide) groups is 1. The molecule has 1 aromatic carbocycles. The maximum Gasteiger partial charge on any atom is 0.146 e. The van der Waals surface area contributed by atoms with Gasteiger partial charge in [-0.25, -0.2) is 0 Å². The van der Waals surface area contributed by atoms with Gasteiger partial charge in [-0.3, -0.25) is 4.79 Å². The molecule has 0 unspecified atom stereocenters. The van der Waals surface area contributed by atoms with E-state index in [0.29, 0.717) is 11.5 Å². The maximum absolute atomic E-state index is 12.0. The molecule has 1 heterocycles. The second kappa shape index (κ2) is 6.22. The first-order valence-electron chi connectivity index (χ1n) is 6.05. The monoisotopic (exact) mass is 250 g/mol. The van der Waals surface area contributed by atoms with Crippen molar-refractivity contribution in [2.75, 3.05) is 19.0 Å². The van der Waals surface area contributed by atoms with Crippen molar-refractivity contribution in [1.29, 1.82) is 0 Å². The molecule has 0 spiro atoms. The molecule has 2 rings (SSSR count). The number of aryl methyl sites for hydroxylation is 1. The summed E-state index contributed by atoms with van der Waals surface area (Å²) in [7, 11) is 0. The second-order valence-electron chi connectivity index (χ2n) is 4.45. The number of rotatable bonds is 4. The van der Waals surface area contributed by atoms with Crippen LogP contribution in [0.2, 0.25) is 0 Å². The number of ketones is 1. The largest absolute Gasteiger partial charge is 0.381 e. The van der Waals surface area contributed by atoms with Crippen molar-refractivity contribution in [3.8, 4) is 0 Å². The fraction of sp³-hybridized carbons (Fsp3) is 0.500. The molecule has 0 radical (unpaired) electrons. The zero-order valence-corrected chi connectivity index (χ0v) is 11.0. The molecule has 1 aliphatic heterocycles. The van der Waals surface area contributed by atoms with Crippen molar-refractivity contribution in [1.82, 2.24) is 0 Å². The predicted octanol–water partition coefficient (Wildman–Crippen LogP) is 3.08. The molecule has 0 atom stereocenters. The van der Waals surface area contributed by atoms with Gasteiger partial charge in [0, 0.05) is 24.0 Å². The molecule has 92 valence electrons. The van der Waals surface area contributed by atoms with Crippen molar-refractivity contribution < 1.29 is 9.53 Å². The summed E-state index contributed by atoms with van der Waals surface area (Å²) >= 11 is 1.64. The third-order valence-corrected chi connectivity index (χ3v) is 4.11. The van der Waals surface area contributed by atoms with Crippen molar-refractivity contribution >= 4 is 17.5 Å². The predicted molar refractivity (Wildman–Crippen MR) is 70.5 cm³/mol. The molecule has 0 saturated carbocycles. The van der Waals surface area contributed by atoms with E-state index in [-0.39, 0.29) is 5.92 Å². The van der Waals surface area contributed by atoms with Crippen LogP contribution in [0, 0.1) is 12.8 Å². The SMILES string of the molecule is Cc1ccc(SCC(=O)C2CCOCC2)cc1. The molecule has 2 nitrogen and oxygen atoms in total. The lowest BCUT2D eigenvalue weighted by Gasteiger charge is -2.20. The van der Waals surface area contributed by atoms with E-state index in [0.717, 1.165) is 26.1 Å². The zero-order chi connectivity index (χ0) is 12.1. The Balaban J connectivity index is 1.81. The van der Waals surface area contributed by atoms with Crippen LogP contribution in [0.4, 0.5) is 0 Å². The molecule has 0 aromatic heterocycles. The average Bonchev–Trinajstić information content (AvgIpc) is 2.39. The number of hydrogen-bond acceptors (Lipinski definition) is 3. The molecule has 1 saturated heterocycles. The maximum atomic E-state index is 12.0. The standard InChI is InChI=1S/C14H18O2S/c1-11-2-4-13(5-3-11)17-10-14(15)12-6-8-16-9-7-12/h2-5,12H,6-10H2,1H3. The Morgan fingerprint density at radius 2 is 1.94 bits per heavy atom. The molecular weight excluding hydrogens is 232 g/mol. The Morgan fingerprint density at radius 1 is 1.29 bits per heavy atom. The van der Waals surface area contributed by atoms with Gasteiger partial charge in [0.15, 0.2) is 0 Å². The molecule has 1 aromatic rings. The van der Waals surface area contributed by atoms with Crippen molar-refractivity contribution in [3.05, 3.63) is 29.8 Å². The smallest absolute Gasteiger partial charge is 0.146 e. The van der Waals surface area contributed by atoms with Crippen molar-refractivity contribution in [2.24, 2.45) is 5.92 Å². The van der Waals surface area contributed by atoms with Gasteiger partial charge in [0.2, 0.25) is 0 Å². The van der Waals surface area contributed by atoms with E-state index in [1.165, 1.54) is 10.5 Å². The number of benzene rings is 1. The Kier molecular flexibility index (Phi) is 4.63. The second-order valence-corrected chi connectivity index (χ2v) is 5.50. The summed E-state index contributed by atoms with van der Waals surface area (Å²) < 4.78 is 5.27. The summed E-state index contributed by atoms with van der Waals surface area (Å²) in [5.74, 6) is 1.19. The van der Waals surface area contributed by atoms with Gasteiger partial charge in [0.25, 0.3) is 0 Å². The fourth-order valence-electron chi connectivity index (χ4n) is 1.93. The molecule has 0 aliphatic carbocycles. The van der Waals surface area contributed by atoms with E-state index < -0.39 is 0 Å². The van der Waals surface area contributed by atoms with Crippen LogP contribution in [0.1, 0.15) is 18.4 Å². The summed E-state index contributed by atoms with van der Waals surface area (Å²) in [6, 6.07) is 8.33. The normalized spacial score (nSPS) is 17.0. The van der Waals surface area contributed by atoms with E-state index in [1.54, 1.807) is 11.8 Å². The Morgan fingerprint density at radius 3 is 2.59 bits per heavy atom. The van der Waals surface area contributed by atoms with Crippen LogP contribution < -0.4 is 0 Å². The average molecular weight is 250 g/mol. The Labute approximate surface area is 107 Å². The third kappa shape index (κ3) is 3.86. The van der Waals surface area contributed by atoms with E-state index >= 15 is 0 Å². The van der Waals surface area contributed by atoms with Gasteiger partial charge in [0.05, 0.1) is 5.75 Å². The van der Waals surface area contributed by atoms with Gasteiger partial charge < -0.3 is 4.74 Å². The third-order valence-electron chi connectivity index (χ3n) is 3.08. The Hall–Kier alpha value is -0.800. The summed E-state index contributed by atoms with van der Waals surface area (Å²) in [5, 5.41) is 0. The van der Waals surface area contributed by atoms with Gasteiger partial charge in [-0.2, -0.15) is 0 Å². The molecule has 1 fully saturated rings. The lowest BCUT2D eigenvalue weighted by atomic mass is 9.96. The van der Waals surface area contributed by atoms with Crippen LogP contribution in [0.5, 0.6) is 0 Å². The molecule has 0 bridgehead atoms. The van der Waals surface area contributed by atoms with Gasteiger partial charge in [-0.05, 0) is 31.9 Å².